The molecule has 16 heavy (non-hydrogen) atoms. The molecule has 0 saturated carbocycles. The molecule has 2 rings (SSSR count). The van der Waals surface area contributed by atoms with Crippen LogP contribution < -0.4 is 0 Å². The third kappa shape index (κ3) is 2.97. The smallest absolute Gasteiger partial charge is 0.211 e. The van der Waals surface area contributed by atoms with Crippen molar-refractivity contribution in [2.45, 2.75) is 6.42 Å². The van der Waals surface area contributed by atoms with E-state index in [2.05, 4.69) is 16.9 Å². The first-order valence-electron chi connectivity index (χ1n) is 5.82. The first-order chi connectivity index (χ1) is 7.75. The number of ether oxygens (including phenoxy) is 1. The SMILES string of the molecule is CN1CCC(C(=O)C#CN2CCOCC2)C1. The quantitative estimate of drug-likeness (QED) is 0.575. The molecule has 2 aliphatic heterocycles. The van der Waals surface area contributed by atoms with Crippen molar-refractivity contribution in [1.29, 1.82) is 0 Å². The molecule has 0 spiro atoms. The molecule has 2 saturated heterocycles. The summed E-state index contributed by atoms with van der Waals surface area (Å²) in [7, 11) is 2.04. The van der Waals surface area contributed by atoms with E-state index >= 15 is 0 Å². The Bertz CT molecular complexity index is 313. The number of ketones is 1. The lowest BCUT2D eigenvalue weighted by molar-refractivity contribution is -0.117. The Kier molecular flexibility index (Phi) is 3.81. The maximum atomic E-state index is 11.8. The molecule has 0 aromatic heterocycles. The summed E-state index contributed by atoms with van der Waals surface area (Å²) >= 11 is 0. The van der Waals surface area contributed by atoms with Gasteiger partial charge in [-0.1, -0.05) is 0 Å². The van der Waals surface area contributed by atoms with Crippen molar-refractivity contribution in [2.24, 2.45) is 5.92 Å². The van der Waals surface area contributed by atoms with Gasteiger partial charge >= 0.3 is 0 Å². The van der Waals surface area contributed by atoms with Gasteiger partial charge in [0.25, 0.3) is 0 Å². The third-order valence-electron chi connectivity index (χ3n) is 3.11. The molecule has 0 N–H and O–H groups in total. The van der Waals surface area contributed by atoms with Gasteiger partial charge in [-0.05, 0) is 25.9 Å². The van der Waals surface area contributed by atoms with E-state index in [1.54, 1.807) is 0 Å². The minimum Gasteiger partial charge on any atom is -0.378 e. The number of likely N-dealkylation sites (tertiary alicyclic amines) is 1. The van der Waals surface area contributed by atoms with Crippen molar-refractivity contribution in [3.8, 4) is 12.0 Å². The van der Waals surface area contributed by atoms with Crippen molar-refractivity contribution in [1.82, 2.24) is 9.80 Å². The van der Waals surface area contributed by atoms with E-state index in [0.717, 1.165) is 45.8 Å². The maximum Gasteiger partial charge on any atom is 0.211 e. The van der Waals surface area contributed by atoms with Crippen molar-refractivity contribution in [2.75, 3.05) is 46.4 Å². The van der Waals surface area contributed by atoms with E-state index in [-0.39, 0.29) is 11.7 Å². The number of hydrogen-bond acceptors (Lipinski definition) is 4. The van der Waals surface area contributed by atoms with Gasteiger partial charge in [-0.25, -0.2) is 0 Å². The van der Waals surface area contributed by atoms with E-state index < -0.39 is 0 Å². The maximum absolute atomic E-state index is 11.8. The molecule has 1 atom stereocenters. The fraction of sp³-hybridized carbons (Fsp3) is 0.750. The van der Waals surface area contributed by atoms with Gasteiger partial charge in [0.05, 0.1) is 13.2 Å². The van der Waals surface area contributed by atoms with Crippen molar-refractivity contribution in [3.63, 3.8) is 0 Å². The molecule has 88 valence electrons. The standard InChI is InChI=1S/C12H18N2O2/c1-13-4-2-11(10-13)12(15)3-5-14-6-8-16-9-7-14/h11H,2,4,6-10H2,1H3. The summed E-state index contributed by atoms with van der Waals surface area (Å²) in [6.07, 6.45) is 0.952. The van der Waals surface area contributed by atoms with E-state index in [4.69, 9.17) is 4.74 Å². The van der Waals surface area contributed by atoms with Crippen LogP contribution in [0.2, 0.25) is 0 Å². The molecular formula is C12H18N2O2. The van der Waals surface area contributed by atoms with Crippen LogP contribution in [0.3, 0.4) is 0 Å². The third-order valence-corrected chi connectivity index (χ3v) is 3.11. The van der Waals surface area contributed by atoms with Crippen LogP contribution in [0.4, 0.5) is 0 Å². The second-order valence-electron chi connectivity index (χ2n) is 4.45. The van der Waals surface area contributed by atoms with Crippen LogP contribution >= 0.6 is 0 Å². The first kappa shape index (κ1) is 11.4. The van der Waals surface area contributed by atoms with Gasteiger partial charge in [-0.3, -0.25) is 4.79 Å². The Morgan fingerprint density at radius 3 is 2.69 bits per heavy atom. The number of carbonyl (C=O) groups is 1. The van der Waals surface area contributed by atoms with Crippen LogP contribution in [0, 0.1) is 17.9 Å². The summed E-state index contributed by atoms with van der Waals surface area (Å²) in [5.41, 5.74) is 0. The van der Waals surface area contributed by atoms with E-state index in [1.807, 2.05) is 11.9 Å². The number of hydrogen-bond donors (Lipinski definition) is 0. The minimum absolute atomic E-state index is 0.0934. The monoisotopic (exact) mass is 222 g/mol. The lowest BCUT2D eigenvalue weighted by atomic mass is 10.0. The Labute approximate surface area is 96.5 Å². The number of Topliss-reactive ketones (excluding diaryl/α,β-unsaturated/α-hetero) is 1. The van der Waals surface area contributed by atoms with Gasteiger partial charge in [0.2, 0.25) is 5.78 Å². The molecule has 0 aromatic carbocycles. The fourth-order valence-electron chi connectivity index (χ4n) is 2.06. The second kappa shape index (κ2) is 5.33. The van der Waals surface area contributed by atoms with Crippen LogP contribution in [0.5, 0.6) is 0 Å². The number of rotatable bonds is 1. The summed E-state index contributed by atoms with van der Waals surface area (Å²) in [5, 5.41) is 0. The second-order valence-corrected chi connectivity index (χ2v) is 4.45. The lowest BCUT2D eigenvalue weighted by Gasteiger charge is -2.22. The Balaban J connectivity index is 1.84. The summed E-state index contributed by atoms with van der Waals surface area (Å²) < 4.78 is 5.22. The zero-order valence-electron chi connectivity index (χ0n) is 9.74. The fourth-order valence-corrected chi connectivity index (χ4v) is 2.06. The van der Waals surface area contributed by atoms with Gasteiger partial charge in [0.15, 0.2) is 0 Å². The van der Waals surface area contributed by atoms with Crippen molar-refractivity contribution >= 4 is 5.78 Å². The summed E-state index contributed by atoms with van der Waals surface area (Å²) in [4.78, 5) is 15.9. The van der Waals surface area contributed by atoms with E-state index in [9.17, 15) is 4.79 Å². The molecule has 1 unspecified atom stereocenters. The van der Waals surface area contributed by atoms with Crippen LogP contribution in [-0.4, -0.2) is 62.0 Å². The lowest BCUT2D eigenvalue weighted by Crippen LogP contribution is -2.32. The van der Waals surface area contributed by atoms with Crippen LogP contribution in [0.15, 0.2) is 0 Å². The molecule has 2 aliphatic rings. The Morgan fingerprint density at radius 2 is 2.06 bits per heavy atom. The highest BCUT2D eigenvalue weighted by Crippen LogP contribution is 2.14. The van der Waals surface area contributed by atoms with Crippen molar-refractivity contribution in [3.05, 3.63) is 0 Å². The summed E-state index contributed by atoms with van der Waals surface area (Å²) in [6, 6.07) is 2.95. The van der Waals surface area contributed by atoms with Crippen LogP contribution in [-0.2, 0) is 9.53 Å². The molecule has 2 heterocycles. The van der Waals surface area contributed by atoms with Gasteiger partial charge in [0.1, 0.15) is 0 Å². The van der Waals surface area contributed by atoms with Crippen LogP contribution in [0.25, 0.3) is 0 Å². The topological polar surface area (TPSA) is 32.8 Å². The molecule has 0 aliphatic carbocycles. The Morgan fingerprint density at radius 1 is 1.31 bits per heavy atom. The predicted molar refractivity (Wildman–Crippen MR) is 60.8 cm³/mol. The van der Waals surface area contributed by atoms with E-state index in [0.29, 0.717) is 0 Å². The normalized spacial score (nSPS) is 26.3. The number of nitrogens with zero attached hydrogens (tertiary/aromatic N) is 2. The molecule has 0 bridgehead atoms. The van der Waals surface area contributed by atoms with Gasteiger partial charge < -0.3 is 14.5 Å². The number of carbonyl (C=O) groups excluding carboxylic acids is 1. The average Bonchev–Trinajstić information content (AvgIpc) is 2.74. The molecule has 4 nitrogen and oxygen atoms in total. The Hall–Kier alpha value is -1.05. The highest BCUT2D eigenvalue weighted by molar-refractivity contribution is 5.97. The zero-order chi connectivity index (χ0) is 11.4. The number of morpholine rings is 1. The van der Waals surface area contributed by atoms with Crippen molar-refractivity contribution < 1.29 is 9.53 Å². The van der Waals surface area contributed by atoms with Crippen LogP contribution in [0.1, 0.15) is 6.42 Å². The highest BCUT2D eigenvalue weighted by atomic mass is 16.5. The zero-order valence-corrected chi connectivity index (χ0v) is 9.74. The van der Waals surface area contributed by atoms with Gasteiger partial charge in [-0.15, -0.1) is 0 Å². The molecule has 4 heteroatoms. The predicted octanol–water partition coefficient (Wildman–Crippen LogP) is -0.200. The highest BCUT2D eigenvalue weighted by Gasteiger charge is 2.24. The van der Waals surface area contributed by atoms with Gasteiger partial charge in [0, 0.05) is 31.6 Å². The summed E-state index contributed by atoms with van der Waals surface area (Å²) in [5.74, 6) is 2.99. The molecule has 0 radical (unpaired) electrons. The molecule has 0 aromatic rings. The first-order valence-corrected chi connectivity index (χ1v) is 5.82. The summed E-state index contributed by atoms with van der Waals surface area (Å²) in [6.45, 7) is 4.92. The van der Waals surface area contributed by atoms with Gasteiger partial charge in [-0.2, -0.15) is 0 Å². The minimum atomic E-state index is 0.0934. The molecule has 0 amide bonds. The average molecular weight is 222 g/mol. The molecular weight excluding hydrogens is 204 g/mol. The molecule has 2 fully saturated rings. The van der Waals surface area contributed by atoms with E-state index in [1.165, 1.54) is 0 Å². The largest absolute Gasteiger partial charge is 0.378 e.